The number of ketones is 1. The predicted octanol–water partition coefficient (Wildman–Crippen LogP) is 1.59. The van der Waals surface area contributed by atoms with Crippen LogP contribution in [0.5, 0.6) is 5.75 Å². The van der Waals surface area contributed by atoms with E-state index in [0.29, 0.717) is 29.5 Å². The van der Waals surface area contributed by atoms with Crippen LogP contribution in [0.25, 0.3) is 0 Å². The predicted molar refractivity (Wildman–Crippen MR) is 251 cm³/mol. The fraction of sp³-hybridized carbons (Fsp3) is 0.417. The number of hydrogen-bond donors (Lipinski definition) is 11. The summed E-state index contributed by atoms with van der Waals surface area (Å²) in [5, 5.41) is 53.6. The Kier molecular flexibility index (Phi) is 21.2. The van der Waals surface area contributed by atoms with Crippen molar-refractivity contribution in [3.63, 3.8) is 0 Å². The first kappa shape index (κ1) is 54.3. The van der Waals surface area contributed by atoms with Crippen LogP contribution in [0.15, 0.2) is 84.9 Å². The lowest BCUT2D eigenvalue weighted by Gasteiger charge is -2.32. The standard InChI is InChI=1S/C48H58N6O14S/c1-27(55)49-36(25-39(59)60)45(64)52-35(24-29-17-19-32(56)20-18-29)46(65)54-41(40(30-13-7-3-8-14-30)31-15-9-4-10-16-31)47(66)50-33(21-22-38(57)58)43(62)51-34(23-28-11-5-2-6-12-28)44(63)53-37(26-69)42(61)48(67)68/h3-4,7-10,13-20,28,33-37,40-41,56,69H,2,5-6,11-12,21-26H2,1H3,(H,49,55)(H,50,66)(H,51,62)(H,52,64)(H,53,63)(H,54,65)(H,57,58)(H,59,60)(H,67,68)/t33-,34-,35-,36-,37-,41-/m0/s1. The van der Waals surface area contributed by atoms with Gasteiger partial charge < -0.3 is 52.3 Å². The fourth-order valence-electron chi connectivity index (χ4n) is 8.10. The summed E-state index contributed by atoms with van der Waals surface area (Å²) >= 11 is 4.03. The summed E-state index contributed by atoms with van der Waals surface area (Å²) in [5.41, 5.74) is 1.37. The number of Topliss-reactive ketones (excluding diaryl/α,β-unsaturated/α-hetero) is 1. The molecule has 1 saturated carbocycles. The first-order valence-electron chi connectivity index (χ1n) is 22.3. The van der Waals surface area contributed by atoms with Crippen molar-refractivity contribution in [2.75, 3.05) is 5.75 Å². The van der Waals surface area contributed by atoms with Crippen molar-refractivity contribution in [1.29, 1.82) is 0 Å². The Hall–Kier alpha value is -7.29. The second kappa shape index (κ2) is 26.9. The molecule has 0 radical (unpaired) electrons. The van der Waals surface area contributed by atoms with E-state index in [0.717, 1.165) is 26.2 Å². The van der Waals surface area contributed by atoms with Gasteiger partial charge >= 0.3 is 17.9 Å². The van der Waals surface area contributed by atoms with Gasteiger partial charge in [-0.25, -0.2) is 4.79 Å². The van der Waals surface area contributed by atoms with Gasteiger partial charge in [-0.15, -0.1) is 0 Å². The molecule has 0 heterocycles. The molecule has 10 N–H and O–H groups in total. The van der Waals surface area contributed by atoms with Crippen molar-refractivity contribution in [3.05, 3.63) is 102 Å². The lowest BCUT2D eigenvalue weighted by molar-refractivity contribution is -0.150. The third-order valence-corrected chi connectivity index (χ3v) is 11.9. The van der Waals surface area contributed by atoms with Crippen LogP contribution in [0.1, 0.15) is 87.3 Å². The molecule has 69 heavy (non-hydrogen) atoms. The van der Waals surface area contributed by atoms with E-state index in [2.05, 4.69) is 44.5 Å². The number of carboxylic acids is 3. The lowest BCUT2D eigenvalue weighted by atomic mass is 9.84. The van der Waals surface area contributed by atoms with Crippen LogP contribution in [-0.4, -0.2) is 122 Å². The Bertz CT molecular complexity index is 2240. The highest BCUT2D eigenvalue weighted by Crippen LogP contribution is 2.30. The number of phenols is 1. The third kappa shape index (κ3) is 17.4. The molecule has 21 heteroatoms. The zero-order valence-electron chi connectivity index (χ0n) is 37.8. The minimum atomic E-state index is -1.81. The zero-order chi connectivity index (χ0) is 50.6. The van der Waals surface area contributed by atoms with Gasteiger partial charge in [0.05, 0.1) is 6.42 Å². The summed E-state index contributed by atoms with van der Waals surface area (Å²) < 4.78 is 0. The second-order valence-electron chi connectivity index (χ2n) is 16.8. The first-order valence-corrected chi connectivity index (χ1v) is 23.0. The fourth-order valence-corrected chi connectivity index (χ4v) is 8.36. The van der Waals surface area contributed by atoms with E-state index in [1.807, 2.05) is 0 Å². The van der Waals surface area contributed by atoms with Crippen LogP contribution in [-0.2, 0) is 54.4 Å². The molecule has 0 spiro atoms. The van der Waals surface area contributed by atoms with Crippen LogP contribution in [0.4, 0.5) is 0 Å². The average Bonchev–Trinajstić information content (AvgIpc) is 3.32. The number of carbonyl (C=O) groups is 10. The van der Waals surface area contributed by atoms with Crippen molar-refractivity contribution >= 4 is 71.8 Å². The number of aromatic hydroxyl groups is 1. The molecular formula is C48H58N6O14S. The van der Waals surface area contributed by atoms with E-state index in [1.54, 1.807) is 60.7 Å². The zero-order valence-corrected chi connectivity index (χ0v) is 38.7. The molecule has 3 aromatic rings. The minimum Gasteiger partial charge on any atom is -0.508 e. The van der Waals surface area contributed by atoms with Crippen LogP contribution < -0.4 is 31.9 Å². The van der Waals surface area contributed by atoms with Crippen molar-refractivity contribution in [2.45, 2.75) is 113 Å². The van der Waals surface area contributed by atoms with Gasteiger partial charge in [0.1, 0.15) is 42.0 Å². The van der Waals surface area contributed by atoms with Gasteiger partial charge in [0.15, 0.2) is 0 Å². The summed E-state index contributed by atoms with van der Waals surface area (Å²) in [6.45, 7) is 1.07. The Morgan fingerprint density at radius 2 is 1.09 bits per heavy atom. The highest BCUT2D eigenvalue weighted by Gasteiger charge is 2.39. The van der Waals surface area contributed by atoms with E-state index in [-0.39, 0.29) is 30.3 Å². The molecule has 0 aromatic heterocycles. The van der Waals surface area contributed by atoms with E-state index < -0.39 is 121 Å². The molecule has 0 aliphatic heterocycles. The van der Waals surface area contributed by atoms with E-state index >= 15 is 4.79 Å². The van der Waals surface area contributed by atoms with Crippen molar-refractivity contribution in [2.24, 2.45) is 5.92 Å². The largest absolute Gasteiger partial charge is 0.508 e. The molecule has 20 nitrogen and oxygen atoms in total. The SMILES string of the molecule is CC(=O)N[C@@H](CC(=O)O)C(=O)N[C@@H](Cc1ccc(O)cc1)C(=O)N[C@H](C(=O)N[C@@H](CCC(=O)O)C(=O)N[C@@H](CC1CCCCC1)C(=O)N[C@@H](CS)C(=O)C(=O)O)C(c1ccccc1)c1ccccc1. The molecule has 6 amide bonds. The number of nitrogens with one attached hydrogen (secondary N) is 6. The van der Waals surface area contributed by atoms with E-state index in [1.165, 1.54) is 24.3 Å². The quantitative estimate of drug-likeness (QED) is 0.0402. The van der Waals surface area contributed by atoms with Gasteiger partial charge in [0.25, 0.3) is 5.78 Å². The molecular weight excluding hydrogens is 917 g/mol. The normalized spacial score (nSPS) is 15.1. The summed E-state index contributed by atoms with van der Waals surface area (Å²) in [4.78, 5) is 131. The number of aliphatic carboxylic acids is 3. The van der Waals surface area contributed by atoms with Gasteiger partial charge in [0, 0.05) is 31.4 Å². The molecule has 1 aliphatic carbocycles. The maximum atomic E-state index is 15.0. The molecule has 0 bridgehead atoms. The van der Waals surface area contributed by atoms with Crippen LogP contribution in [0, 0.1) is 5.92 Å². The maximum Gasteiger partial charge on any atom is 0.374 e. The van der Waals surface area contributed by atoms with Gasteiger partial charge in [0.2, 0.25) is 35.4 Å². The number of benzene rings is 3. The molecule has 0 unspecified atom stereocenters. The molecule has 0 saturated heterocycles. The molecule has 6 atom stereocenters. The van der Waals surface area contributed by atoms with Crippen molar-refractivity contribution in [3.8, 4) is 5.75 Å². The minimum absolute atomic E-state index is 0.0594. The number of rotatable bonds is 26. The van der Waals surface area contributed by atoms with Crippen LogP contribution in [0.2, 0.25) is 0 Å². The van der Waals surface area contributed by atoms with Crippen molar-refractivity contribution < 1.29 is 68.4 Å². The van der Waals surface area contributed by atoms with E-state index in [9.17, 15) is 63.6 Å². The van der Waals surface area contributed by atoms with Crippen LogP contribution >= 0.6 is 12.6 Å². The monoisotopic (exact) mass is 974 g/mol. The summed E-state index contributed by atoms with van der Waals surface area (Å²) in [6.07, 6.45) is 1.79. The highest BCUT2D eigenvalue weighted by atomic mass is 32.1. The Morgan fingerprint density at radius 3 is 1.61 bits per heavy atom. The smallest absolute Gasteiger partial charge is 0.374 e. The Balaban J connectivity index is 1.79. The van der Waals surface area contributed by atoms with E-state index in [4.69, 9.17) is 0 Å². The maximum absolute atomic E-state index is 15.0. The summed E-state index contributed by atoms with van der Waals surface area (Å²) in [7, 11) is 0. The first-order chi connectivity index (χ1) is 32.9. The molecule has 1 aliphatic rings. The molecule has 3 aromatic carbocycles. The average molecular weight is 975 g/mol. The number of amides is 6. The third-order valence-electron chi connectivity index (χ3n) is 11.5. The summed E-state index contributed by atoms with van der Waals surface area (Å²) in [5.74, 6) is -13.3. The lowest BCUT2D eigenvalue weighted by Crippen LogP contribution is -2.61. The number of phenolic OH excluding ortho intramolecular Hbond substituents is 1. The topological polar surface area (TPSA) is 324 Å². The Labute approximate surface area is 403 Å². The van der Waals surface area contributed by atoms with Crippen LogP contribution in [0.3, 0.4) is 0 Å². The number of thiol groups is 1. The number of carboxylic acid groups (broad SMARTS) is 3. The van der Waals surface area contributed by atoms with Gasteiger partial charge in [-0.05, 0) is 47.6 Å². The second-order valence-corrected chi connectivity index (χ2v) is 17.1. The molecule has 4 rings (SSSR count). The van der Waals surface area contributed by atoms with Gasteiger partial charge in [-0.2, -0.15) is 12.6 Å². The Morgan fingerprint density at radius 1 is 0.580 bits per heavy atom. The van der Waals surface area contributed by atoms with Gasteiger partial charge in [-0.1, -0.05) is 105 Å². The van der Waals surface area contributed by atoms with Crippen molar-refractivity contribution in [1.82, 2.24) is 31.9 Å². The van der Waals surface area contributed by atoms with Gasteiger partial charge in [-0.3, -0.25) is 43.2 Å². The molecule has 1 fully saturated rings. The molecule has 370 valence electrons. The number of hydrogen-bond acceptors (Lipinski definition) is 12. The summed E-state index contributed by atoms with van der Waals surface area (Å²) in [6, 6.07) is 13.0. The number of carbonyl (C=O) groups excluding carboxylic acids is 7. The highest BCUT2D eigenvalue weighted by molar-refractivity contribution is 7.80.